The van der Waals surface area contributed by atoms with Crippen LogP contribution in [-0.4, -0.2) is 24.0 Å². The Morgan fingerprint density at radius 2 is 1.09 bits per heavy atom. The molecule has 0 spiro atoms. The van der Waals surface area contributed by atoms with Crippen molar-refractivity contribution in [3.05, 3.63) is 97.1 Å². The molecule has 0 bridgehead atoms. The minimum atomic E-state index is -0.806. The van der Waals surface area contributed by atoms with Crippen LogP contribution in [0.5, 0.6) is 11.5 Å². The quantitative estimate of drug-likeness (QED) is 0.390. The van der Waals surface area contributed by atoms with Gasteiger partial charge in [-0.05, 0) is 60.0 Å². The second-order valence-electron chi connectivity index (χ2n) is 7.90. The van der Waals surface area contributed by atoms with Crippen LogP contribution >= 0.6 is 0 Å². The van der Waals surface area contributed by atoms with Crippen LogP contribution in [0.4, 0.5) is 0 Å². The fourth-order valence-electron chi connectivity index (χ4n) is 3.44. The molecule has 0 saturated heterocycles. The SMILES string of the molecule is C[C@H](Oc1ccc2ccccc2c1)C(=O)NNC(=O)[C@@H](C)Oc1ccc(-c2ccccc2)cc1. The highest BCUT2D eigenvalue weighted by Crippen LogP contribution is 2.23. The highest BCUT2D eigenvalue weighted by molar-refractivity contribution is 5.87. The molecule has 0 aliphatic rings. The van der Waals surface area contributed by atoms with E-state index in [-0.39, 0.29) is 0 Å². The maximum Gasteiger partial charge on any atom is 0.279 e. The number of rotatable bonds is 7. The molecule has 6 heteroatoms. The van der Waals surface area contributed by atoms with Gasteiger partial charge in [0.25, 0.3) is 11.8 Å². The number of fused-ring (bicyclic) bond motifs is 1. The van der Waals surface area contributed by atoms with Gasteiger partial charge in [-0.3, -0.25) is 20.4 Å². The number of hydrogen-bond donors (Lipinski definition) is 2. The van der Waals surface area contributed by atoms with Gasteiger partial charge in [0.1, 0.15) is 11.5 Å². The number of hydrogen-bond acceptors (Lipinski definition) is 4. The Labute approximate surface area is 198 Å². The highest BCUT2D eigenvalue weighted by Gasteiger charge is 2.19. The van der Waals surface area contributed by atoms with Gasteiger partial charge < -0.3 is 9.47 Å². The van der Waals surface area contributed by atoms with Crippen molar-refractivity contribution >= 4 is 22.6 Å². The first-order chi connectivity index (χ1) is 16.5. The van der Waals surface area contributed by atoms with Gasteiger partial charge in [0.2, 0.25) is 0 Å². The highest BCUT2D eigenvalue weighted by atomic mass is 16.5. The number of carbonyl (C=O) groups excluding carboxylic acids is 2. The third kappa shape index (κ3) is 5.72. The van der Waals surface area contributed by atoms with E-state index in [1.165, 1.54) is 0 Å². The molecule has 34 heavy (non-hydrogen) atoms. The van der Waals surface area contributed by atoms with Gasteiger partial charge in [-0.1, -0.05) is 72.8 Å². The molecule has 0 fully saturated rings. The molecule has 2 atom stereocenters. The van der Waals surface area contributed by atoms with E-state index < -0.39 is 24.0 Å². The standard InChI is InChI=1S/C28H26N2O4/c1-19(33-25-15-12-23(13-16-25)21-8-4-3-5-9-21)27(31)29-30-28(32)20(2)34-26-17-14-22-10-6-7-11-24(22)18-26/h3-20H,1-2H3,(H,29,31)(H,30,32)/t19-,20+/m1/s1. The predicted molar refractivity (Wildman–Crippen MR) is 132 cm³/mol. The second kappa shape index (κ2) is 10.5. The zero-order chi connectivity index (χ0) is 23.9. The van der Waals surface area contributed by atoms with Crippen LogP contribution in [0, 0.1) is 0 Å². The lowest BCUT2D eigenvalue weighted by atomic mass is 10.1. The van der Waals surface area contributed by atoms with Crippen LogP contribution in [0.2, 0.25) is 0 Å². The molecule has 4 aromatic carbocycles. The Balaban J connectivity index is 1.26. The summed E-state index contributed by atoms with van der Waals surface area (Å²) in [6.45, 7) is 3.23. The molecule has 4 aromatic rings. The number of benzene rings is 4. The van der Waals surface area contributed by atoms with Crippen molar-refractivity contribution in [2.24, 2.45) is 0 Å². The van der Waals surface area contributed by atoms with Gasteiger partial charge in [-0.2, -0.15) is 0 Å². The van der Waals surface area contributed by atoms with Crippen molar-refractivity contribution in [1.82, 2.24) is 10.9 Å². The van der Waals surface area contributed by atoms with E-state index >= 15 is 0 Å². The van der Waals surface area contributed by atoms with Gasteiger partial charge >= 0.3 is 0 Å². The van der Waals surface area contributed by atoms with Gasteiger partial charge in [0, 0.05) is 0 Å². The average molecular weight is 455 g/mol. The average Bonchev–Trinajstić information content (AvgIpc) is 2.87. The maximum atomic E-state index is 12.4. The molecule has 0 saturated carbocycles. The summed E-state index contributed by atoms with van der Waals surface area (Å²) in [5.74, 6) is 0.185. The first-order valence-electron chi connectivity index (χ1n) is 11.1. The van der Waals surface area contributed by atoms with Crippen molar-refractivity contribution in [2.75, 3.05) is 0 Å². The smallest absolute Gasteiger partial charge is 0.279 e. The summed E-state index contributed by atoms with van der Waals surface area (Å²) in [7, 11) is 0. The molecular weight excluding hydrogens is 428 g/mol. The Morgan fingerprint density at radius 3 is 1.74 bits per heavy atom. The molecule has 2 amide bonds. The van der Waals surface area contributed by atoms with E-state index in [4.69, 9.17) is 9.47 Å². The molecule has 0 aliphatic heterocycles. The number of nitrogens with one attached hydrogen (secondary N) is 2. The summed E-state index contributed by atoms with van der Waals surface area (Å²) in [6, 6.07) is 31.0. The zero-order valence-electron chi connectivity index (χ0n) is 19.0. The fraction of sp³-hybridized carbons (Fsp3) is 0.143. The van der Waals surface area contributed by atoms with Crippen LogP contribution < -0.4 is 20.3 Å². The van der Waals surface area contributed by atoms with Crippen LogP contribution in [0.1, 0.15) is 13.8 Å². The maximum absolute atomic E-state index is 12.4. The first-order valence-corrected chi connectivity index (χ1v) is 11.1. The lowest BCUT2D eigenvalue weighted by Gasteiger charge is -2.18. The van der Waals surface area contributed by atoms with Crippen molar-refractivity contribution in [3.8, 4) is 22.6 Å². The van der Waals surface area contributed by atoms with Crippen LogP contribution in [-0.2, 0) is 9.59 Å². The Bertz CT molecular complexity index is 1270. The van der Waals surface area contributed by atoms with Crippen molar-refractivity contribution in [3.63, 3.8) is 0 Å². The van der Waals surface area contributed by atoms with Gasteiger partial charge in [-0.25, -0.2) is 0 Å². The second-order valence-corrected chi connectivity index (χ2v) is 7.90. The van der Waals surface area contributed by atoms with Gasteiger partial charge in [0.05, 0.1) is 0 Å². The molecule has 4 rings (SSSR count). The fourth-order valence-corrected chi connectivity index (χ4v) is 3.44. The summed E-state index contributed by atoms with van der Waals surface area (Å²) in [6.07, 6.45) is -1.61. The van der Waals surface area contributed by atoms with E-state index in [9.17, 15) is 9.59 Å². The van der Waals surface area contributed by atoms with Crippen LogP contribution in [0.3, 0.4) is 0 Å². The Morgan fingerprint density at radius 1 is 0.588 bits per heavy atom. The normalized spacial score (nSPS) is 12.4. The number of amides is 2. The number of ether oxygens (including phenoxy) is 2. The lowest BCUT2D eigenvalue weighted by Crippen LogP contribution is -2.50. The van der Waals surface area contributed by atoms with E-state index in [1.807, 2.05) is 97.1 Å². The zero-order valence-corrected chi connectivity index (χ0v) is 19.0. The summed E-state index contributed by atoms with van der Waals surface area (Å²) in [5, 5.41) is 2.10. The molecule has 0 unspecified atom stereocenters. The van der Waals surface area contributed by atoms with E-state index in [0.717, 1.165) is 21.9 Å². The van der Waals surface area contributed by atoms with E-state index in [1.54, 1.807) is 13.8 Å². The van der Waals surface area contributed by atoms with Crippen LogP contribution in [0.25, 0.3) is 21.9 Å². The molecule has 6 nitrogen and oxygen atoms in total. The third-order valence-electron chi connectivity index (χ3n) is 5.36. The Hall–Kier alpha value is -4.32. The number of hydrazine groups is 1. The lowest BCUT2D eigenvalue weighted by molar-refractivity contribution is -0.135. The third-order valence-corrected chi connectivity index (χ3v) is 5.36. The molecule has 0 aliphatic carbocycles. The minimum absolute atomic E-state index is 0.471. The monoisotopic (exact) mass is 454 g/mol. The van der Waals surface area contributed by atoms with Crippen molar-refractivity contribution in [1.29, 1.82) is 0 Å². The summed E-state index contributed by atoms with van der Waals surface area (Å²) in [4.78, 5) is 24.8. The van der Waals surface area contributed by atoms with E-state index in [0.29, 0.717) is 11.5 Å². The molecule has 0 radical (unpaired) electrons. The molecule has 0 heterocycles. The van der Waals surface area contributed by atoms with E-state index in [2.05, 4.69) is 10.9 Å². The van der Waals surface area contributed by atoms with Crippen LogP contribution in [0.15, 0.2) is 97.1 Å². The number of carbonyl (C=O) groups is 2. The minimum Gasteiger partial charge on any atom is -0.481 e. The first kappa shape index (κ1) is 22.9. The van der Waals surface area contributed by atoms with Gasteiger partial charge in [0.15, 0.2) is 12.2 Å². The summed E-state index contributed by atoms with van der Waals surface area (Å²) < 4.78 is 11.4. The molecule has 0 aromatic heterocycles. The Kier molecular flexibility index (Phi) is 7.08. The van der Waals surface area contributed by atoms with Gasteiger partial charge in [-0.15, -0.1) is 0 Å². The largest absolute Gasteiger partial charge is 0.481 e. The summed E-state index contributed by atoms with van der Waals surface area (Å²) in [5.41, 5.74) is 6.94. The summed E-state index contributed by atoms with van der Waals surface area (Å²) >= 11 is 0. The van der Waals surface area contributed by atoms with Crippen molar-refractivity contribution in [2.45, 2.75) is 26.1 Å². The van der Waals surface area contributed by atoms with Crippen molar-refractivity contribution < 1.29 is 19.1 Å². The topological polar surface area (TPSA) is 76.7 Å². The predicted octanol–water partition coefficient (Wildman–Crippen LogP) is 4.89. The molecule has 172 valence electrons. The molecule has 2 N–H and O–H groups in total. The molecular formula is C28H26N2O4.